The number of benzene rings is 1. The molecule has 7 heteroatoms. The third kappa shape index (κ3) is 5.54. The molecule has 0 aromatic heterocycles. The summed E-state index contributed by atoms with van der Waals surface area (Å²) >= 11 is 0. The van der Waals surface area contributed by atoms with Gasteiger partial charge in [-0.1, -0.05) is 12.1 Å². The van der Waals surface area contributed by atoms with Crippen LogP contribution in [0.3, 0.4) is 0 Å². The highest BCUT2D eigenvalue weighted by Crippen LogP contribution is 2.25. The predicted octanol–water partition coefficient (Wildman–Crippen LogP) is 1.51. The van der Waals surface area contributed by atoms with E-state index in [1.54, 1.807) is 13.8 Å². The van der Waals surface area contributed by atoms with Crippen molar-refractivity contribution >= 4 is 10.1 Å². The van der Waals surface area contributed by atoms with Gasteiger partial charge in [-0.3, -0.25) is 4.55 Å². The summed E-state index contributed by atoms with van der Waals surface area (Å²) in [6, 6.07) is 5.54. The van der Waals surface area contributed by atoms with E-state index in [1.807, 2.05) is 0 Å². The Hall–Kier alpha value is -1.02. The van der Waals surface area contributed by atoms with Crippen molar-refractivity contribution in [2.45, 2.75) is 31.9 Å². The highest BCUT2D eigenvalue weighted by molar-refractivity contribution is 7.85. The molecule has 1 unspecified atom stereocenters. The summed E-state index contributed by atoms with van der Waals surface area (Å²) in [5, 5.41) is 13.3. The molecule has 0 saturated heterocycles. The number of hydrogen-bond acceptors (Lipinski definition) is 4. The molecule has 1 aromatic rings. The van der Waals surface area contributed by atoms with Gasteiger partial charge in [0.15, 0.2) is 0 Å². The van der Waals surface area contributed by atoms with Crippen LogP contribution in [0.15, 0.2) is 24.3 Å². The first-order valence-corrected chi connectivity index (χ1v) is 7.86. The van der Waals surface area contributed by atoms with E-state index in [1.165, 1.54) is 24.3 Å². The van der Waals surface area contributed by atoms with E-state index < -0.39 is 21.8 Å². The number of hydrogen-bond donors (Lipinski definition) is 3. The molecule has 20 heavy (non-hydrogen) atoms. The van der Waals surface area contributed by atoms with E-state index in [4.69, 9.17) is 4.55 Å². The monoisotopic (exact) mass is 305 g/mol. The second kappa shape index (κ2) is 6.62. The van der Waals surface area contributed by atoms with E-state index in [2.05, 4.69) is 5.32 Å². The van der Waals surface area contributed by atoms with Gasteiger partial charge in [-0.05, 0) is 44.5 Å². The lowest BCUT2D eigenvalue weighted by atomic mass is 9.91. The summed E-state index contributed by atoms with van der Waals surface area (Å²) in [6.45, 7) is 3.84. The van der Waals surface area contributed by atoms with Gasteiger partial charge in [-0.15, -0.1) is 0 Å². The molecule has 0 aliphatic rings. The van der Waals surface area contributed by atoms with Crippen LogP contribution in [0.25, 0.3) is 0 Å². The van der Waals surface area contributed by atoms with Crippen LogP contribution in [0.1, 0.15) is 31.9 Å². The number of aliphatic hydroxyl groups is 1. The van der Waals surface area contributed by atoms with Crippen molar-refractivity contribution < 1.29 is 22.5 Å². The molecule has 3 N–H and O–H groups in total. The Morgan fingerprint density at radius 1 is 1.30 bits per heavy atom. The molecule has 5 nitrogen and oxygen atoms in total. The van der Waals surface area contributed by atoms with Crippen molar-refractivity contribution in [3.63, 3.8) is 0 Å². The quantitative estimate of drug-likeness (QED) is 0.525. The summed E-state index contributed by atoms with van der Waals surface area (Å²) in [7, 11) is -3.96. The van der Waals surface area contributed by atoms with Crippen LogP contribution in [0.5, 0.6) is 0 Å². The van der Waals surface area contributed by atoms with Crippen molar-refractivity contribution in [1.82, 2.24) is 5.32 Å². The molecule has 0 spiro atoms. The maximum absolute atomic E-state index is 12.8. The minimum atomic E-state index is -3.96. The average Bonchev–Trinajstić information content (AvgIpc) is 2.34. The Balaban J connectivity index is 2.56. The Bertz CT molecular complexity index is 528. The Labute approximate surface area is 118 Å². The van der Waals surface area contributed by atoms with Crippen molar-refractivity contribution in [1.29, 1.82) is 0 Å². The smallest absolute Gasteiger partial charge is 0.264 e. The molecule has 1 rings (SSSR count). The van der Waals surface area contributed by atoms with Crippen molar-refractivity contribution in [3.8, 4) is 0 Å². The summed E-state index contributed by atoms with van der Waals surface area (Å²) in [5.41, 5.74) is -0.143. The SMILES string of the molecule is CC(C)(NCCCS(=O)(=O)O)C(O)c1ccc(F)cc1. The molecule has 1 aromatic carbocycles. The molecule has 0 radical (unpaired) electrons. The maximum atomic E-state index is 12.8. The first kappa shape index (κ1) is 17.0. The zero-order valence-electron chi connectivity index (χ0n) is 11.5. The molecule has 0 heterocycles. The maximum Gasteiger partial charge on any atom is 0.264 e. The summed E-state index contributed by atoms with van der Waals surface area (Å²) < 4.78 is 42.6. The Morgan fingerprint density at radius 2 is 1.85 bits per heavy atom. The topological polar surface area (TPSA) is 86.6 Å². The zero-order valence-corrected chi connectivity index (χ0v) is 12.3. The first-order chi connectivity index (χ1) is 9.12. The van der Waals surface area contributed by atoms with Gasteiger partial charge in [0.2, 0.25) is 0 Å². The number of rotatable bonds is 7. The third-order valence-electron chi connectivity index (χ3n) is 3.03. The molecule has 0 aliphatic heterocycles. The fourth-order valence-corrected chi connectivity index (χ4v) is 2.33. The van der Waals surface area contributed by atoms with Crippen molar-refractivity contribution in [2.75, 3.05) is 12.3 Å². The van der Waals surface area contributed by atoms with Crippen LogP contribution in [0.2, 0.25) is 0 Å². The molecule has 114 valence electrons. The van der Waals surface area contributed by atoms with Crippen LogP contribution in [0, 0.1) is 5.82 Å². The highest BCUT2D eigenvalue weighted by atomic mass is 32.2. The lowest BCUT2D eigenvalue weighted by Gasteiger charge is -2.32. The molecule has 0 aliphatic carbocycles. The van der Waals surface area contributed by atoms with Gasteiger partial charge in [0.25, 0.3) is 10.1 Å². The van der Waals surface area contributed by atoms with Crippen LogP contribution in [-0.2, 0) is 10.1 Å². The van der Waals surface area contributed by atoms with Crippen LogP contribution in [0.4, 0.5) is 4.39 Å². The van der Waals surface area contributed by atoms with E-state index in [-0.39, 0.29) is 18.0 Å². The minimum Gasteiger partial charge on any atom is -0.387 e. The van der Waals surface area contributed by atoms with Gasteiger partial charge in [0, 0.05) is 5.54 Å². The Kier molecular flexibility index (Phi) is 5.64. The standard InChI is InChI=1S/C13H20FNO4S/c1-13(2,15-8-3-9-20(17,18)19)12(16)10-4-6-11(14)7-5-10/h4-7,12,15-16H,3,8-9H2,1-2H3,(H,17,18,19). The largest absolute Gasteiger partial charge is 0.387 e. The van der Waals surface area contributed by atoms with Gasteiger partial charge in [-0.2, -0.15) is 8.42 Å². The second-order valence-electron chi connectivity index (χ2n) is 5.24. The lowest BCUT2D eigenvalue weighted by Crippen LogP contribution is -2.45. The molecular formula is C13H20FNO4S. The van der Waals surface area contributed by atoms with Crippen molar-refractivity contribution in [2.24, 2.45) is 0 Å². The number of aliphatic hydroxyl groups excluding tert-OH is 1. The van der Waals surface area contributed by atoms with Crippen LogP contribution < -0.4 is 5.32 Å². The van der Waals surface area contributed by atoms with E-state index in [9.17, 15) is 17.9 Å². The molecule has 1 atom stereocenters. The van der Waals surface area contributed by atoms with Gasteiger partial charge >= 0.3 is 0 Å². The zero-order chi connectivity index (χ0) is 15.4. The van der Waals surface area contributed by atoms with Gasteiger partial charge in [-0.25, -0.2) is 4.39 Å². The van der Waals surface area contributed by atoms with Gasteiger partial charge < -0.3 is 10.4 Å². The lowest BCUT2D eigenvalue weighted by molar-refractivity contribution is 0.0805. The van der Waals surface area contributed by atoms with E-state index >= 15 is 0 Å². The van der Waals surface area contributed by atoms with Crippen molar-refractivity contribution in [3.05, 3.63) is 35.6 Å². The van der Waals surface area contributed by atoms with E-state index in [0.29, 0.717) is 12.1 Å². The van der Waals surface area contributed by atoms with Gasteiger partial charge in [0.05, 0.1) is 11.9 Å². The predicted molar refractivity (Wildman–Crippen MR) is 74.5 cm³/mol. The average molecular weight is 305 g/mol. The molecule has 0 bridgehead atoms. The summed E-state index contributed by atoms with van der Waals surface area (Å²) in [5.74, 6) is -0.706. The van der Waals surface area contributed by atoms with Crippen LogP contribution >= 0.6 is 0 Å². The fraction of sp³-hybridized carbons (Fsp3) is 0.538. The Morgan fingerprint density at radius 3 is 2.35 bits per heavy atom. The molecular weight excluding hydrogens is 285 g/mol. The first-order valence-electron chi connectivity index (χ1n) is 6.25. The summed E-state index contributed by atoms with van der Waals surface area (Å²) in [6.07, 6.45) is -0.632. The molecule has 0 fully saturated rings. The highest BCUT2D eigenvalue weighted by Gasteiger charge is 2.28. The third-order valence-corrected chi connectivity index (χ3v) is 3.83. The molecule has 0 saturated carbocycles. The second-order valence-corrected chi connectivity index (χ2v) is 6.81. The minimum absolute atomic E-state index is 0.235. The van der Waals surface area contributed by atoms with E-state index in [0.717, 1.165) is 0 Å². The van der Waals surface area contributed by atoms with Gasteiger partial charge in [0.1, 0.15) is 5.82 Å². The fourth-order valence-electron chi connectivity index (χ4n) is 1.82. The normalized spacial score (nSPS) is 14.2. The summed E-state index contributed by atoms with van der Waals surface area (Å²) in [4.78, 5) is 0. The van der Waals surface area contributed by atoms with Crippen LogP contribution in [-0.4, -0.2) is 35.9 Å². The number of nitrogens with one attached hydrogen (secondary N) is 1. The number of halogens is 1. The molecule has 0 amide bonds.